The Morgan fingerprint density at radius 3 is 2.75 bits per heavy atom. The first-order valence-electron chi connectivity index (χ1n) is 11.5. The molecule has 4 heterocycles. The highest BCUT2D eigenvalue weighted by Crippen LogP contribution is 2.25. The van der Waals surface area contributed by atoms with Crippen LogP contribution in [0.2, 0.25) is 0 Å². The topological polar surface area (TPSA) is 79.3 Å². The molecule has 0 atom stereocenters. The average Bonchev–Trinajstić information content (AvgIpc) is 3.48. The Morgan fingerprint density at radius 1 is 1.12 bits per heavy atom. The Kier molecular flexibility index (Phi) is 6.31. The van der Waals surface area contributed by atoms with E-state index in [1.807, 2.05) is 17.2 Å². The molecule has 1 N–H and O–H groups in total. The van der Waals surface area contributed by atoms with Crippen molar-refractivity contribution < 1.29 is 9.53 Å². The number of carbonyl (C=O) groups excluding carboxylic acids is 1. The third kappa shape index (κ3) is 4.61. The van der Waals surface area contributed by atoms with Crippen LogP contribution in [0.3, 0.4) is 0 Å². The number of aromatic amines is 1. The third-order valence-electron chi connectivity index (χ3n) is 6.32. The highest BCUT2D eigenvalue weighted by atomic mass is 16.5. The van der Waals surface area contributed by atoms with Gasteiger partial charge >= 0.3 is 0 Å². The van der Waals surface area contributed by atoms with Crippen molar-refractivity contribution in [1.29, 1.82) is 0 Å². The van der Waals surface area contributed by atoms with Gasteiger partial charge in [0.2, 0.25) is 0 Å². The lowest BCUT2D eigenvalue weighted by Crippen LogP contribution is -2.41. The lowest BCUT2D eigenvalue weighted by Gasteiger charge is -2.29. The number of morpholine rings is 1. The minimum atomic E-state index is 0.0335. The molecule has 1 saturated heterocycles. The summed E-state index contributed by atoms with van der Waals surface area (Å²) >= 11 is 0. The molecule has 0 spiro atoms. The Hall–Kier alpha value is -2.97. The normalized spacial score (nSPS) is 16.8. The quantitative estimate of drug-likeness (QED) is 0.617. The third-order valence-corrected chi connectivity index (χ3v) is 6.32. The zero-order valence-electron chi connectivity index (χ0n) is 18.4. The van der Waals surface area contributed by atoms with Crippen molar-refractivity contribution >= 4 is 5.91 Å². The number of benzene rings is 1. The molecule has 0 unspecified atom stereocenters. The first-order valence-corrected chi connectivity index (χ1v) is 11.5. The van der Waals surface area contributed by atoms with Gasteiger partial charge in [-0.05, 0) is 18.4 Å². The number of fused-ring (bicyclic) bond motifs is 1. The van der Waals surface area contributed by atoms with E-state index in [-0.39, 0.29) is 5.91 Å². The van der Waals surface area contributed by atoms with E-state index in [0.717, 1.165) is 56.8 Å². The van der Waals surface area contributed by atoms with Crippen LogP contribution in [0.5, 0.6) is 0 Å². The second-order valence-electron chi connectivity index (χ2n) is 8.49. The zero-order chi connectivity index (χ0) is 21.8. The molecule has 2 aliphatic heterocycles. The SMILES string of the molecule is O=C(c1nn(CCCc2ccccc2)c2c1CN(Cc1ncc[nH]1)CC2)N1CCOCC1. The van der Waals surface area contributed by atoms with E-state index < -0.39 is 0 Å². The van der Waals surface area contributed by atoms with Crippen molar-refractivity contribution in [2.24, 2.45) is 0 Å². The molecule has 2 aliphatic rings. The number of H-pyrrole nitrogens is 1. The highest BCUT2D eigenvalue weighted by Gasteiger charge is 2.31. The van der Waals surface area contributed by atoms with Crippen LogP contribution in [0.15, 0.2) is 42.7 Å². The molecule has 1 amide bonds. The summed E-state index contributed by atoms with van der Waals surface area (Å²) in [6.07, 6.45) is 6.53. The van der Waals surface area contributed by atoms with Crippen LogP contribution >= 0.6 is 0 Å². The van der Waals surface area contributed by atoms with E-state index in [4.69, 9.17) is 9.84 Å². The van der Waals surface area contributed by atoms with Gasteiger partial charge in [-0.15, -0.1) is 0 Å². The van der Waals surface area contributed by atoms with Crippen LogP contribution in [-0.4, -0.2) is 68.3 Å². The summed E-state index contributed by atoms with van der Waals surface area (Å²) in [5.41, 5.74) is 4.25. The van der Waals surface area contributed by atoms with Crippen LogP contribution in [0.25, 0.3) is 0 Å². The molecule has 8 heteroatoms. The van der Waals surface area contributed by atoms with Crippen LogP contribution in [-0.2, 0) is 37.2 Å². The smallest absolute Gasteiger partial charge is 0.274 e. The predicted molar refractivity (Wildman–Crippen MR) is 120 cm³/mol. The lowest BCUT2D eigenvalue weighted by atomic mass is 10.0. The van der Waals surface area contributed by atoms with Gasteiger partial charge in [0, 0.05) is 62.8 Å². The van der Waals surface area contributed by atoms with Crippen LogP contribution in [0, 0.1) is 0 Å². The fraction of sp³-hybridized carbons (Fsp3) is 0.458. The standard InChI is InChI=1S/C24H30N6O2/c31-24(29-13-15-32-16-14-29)23-20-17-28(18-22-25-9-10-26-22)12-8-21(20)30(27-23)11-4-7-19-5-2-1-3-6-19/h1-3,5-6,9-10H,4,7-8,11-18H2,(H,25,26). The van der Waals surface area contributed by atoms with Crippen molar-refractivity contribution in [3.8, 4) is 0 Å². The van der Waals surface area contributed by atoms with E-state index in [1.54, 1.807) is 6.20 Å². The van der Waals surface area contributed by atoms with Crippen molar-refractivity contribution in [3.63, 3.8) is 0 Å². The Bertz CT molecular complexity index is 1020. The van der Waals surface area contributed by atoms with Crippen LogP contribution < -0.4 is 0 Å². The van der Waals surface area contributed by atoms with Gasteiger partial charge in [-0.3, -0.25) is 14.4 Å². The molecule has 0 aliphatic carbocycles. The second kappa shape index (κ2) is 9.67. The largest absolute Gasteiger partial charge is 0.378 e. The first kappa shape index (κ1) is 20.9. The Labute approximate surface area is 188 Å². The average molecular weight is 435 g/mol. The minimum Gasteiger partial charge on any atom is -0.378 e. The maximum Gasteiger partial charge on any atom is 0.274 e. The summed E-state index contributed by atoms with van der Waals surface area (Å²) in [7, 11) is 0. The number of nitrogens with one attached hydrogen (secondary N) is 1. The number of amides is 1. The lowest BCUT2D eigenvalue weighted by molar-refractivity contribution is 0.0297. The van der Waals surface area contributed by atoms with Crippen LogP contribution in [0.1, 0.15) is 39.6 Å². The first-order chi connectivity index (χ1) is 15.8. The molecule has 0 bridgehead atoms. The molecule has 5 rings (SSSR count). The van der Waals surface area contributed by atoms with Gasteiger partial charge in [0.15, 0.2) is 5.69 Å². The van der Waals surface area contributed by atoms with Crippen molar-refractivity contribution in [3.05, 3.63) is 71.1 Å². The Morgan fingerprint density at radius 2 is 1.97 bits per heavy atom. The van der Waals surface area contributed by atoms with E-state index >= 15 is 0 Å². The van der Waals surface area contributed by atoms with Gasteiger partial charge in [0.1, 0.15) is 5.82 Å². The molecular weight excluding hydrogens is 404 g/mol. The summed E-state index contributed by atoms with van der Waals surface area (Å²) < 4.78 is 7.53. The summed E-state index contributed by atoms with van der Waals surface area (Å²) in [5.74, 6) is 0.982. The molecular formula is C24H30N6O2. The number of carbonyl (C=O) groups is 1. The number of imidazole rings is 1. The molecule has 32 heavy (non-hydrogen) atoms. The molecule has 3 aromatic rings. The second-order valence-corrected chi connectivity index (χ2v) is 8.49. The maximum atomic E-state index is 13.4. The van der Waals surface area contributed by atoms with Gasteiger partial charge in [-0.25, -0.2) is 4.98 Å². The number of hydrogen-bond donors (Lipinski definition) is 1. The van der Waals surface area contributed by atoms with Crippen LogP contribution in [0.4, 0.5) is 0 Å². The molecule has 168 valence electrons. The minimum absolute atomic E-state index is 0.0335. The zero-order valence-corrected chi connectivity index (χ0v) is 18.4. The van der Waals surface area contributed by atoms with Crippen molar-refractivity contribution in [1.82, 2.24) is 29.5 Å². The van der Waals surface area contributed by atoms with Crippen molar-refractivity contribution in [2.45, 2.75) is 38.9 Å². The summed E-state index contributed by atoms with van der Waals surface area (Å²) in [4.78, 5) is 25.1. The molecule has 1 aromatic carbocycles. The number of ether oxygens (including phenoxy) is 1. The summed E-state index contributed by atoms with van der Waals surface area (Å²) in [6.45, 7) is 5.67. The summed E-state index contributed by atoms with van der Waals surface area (Å²) in [5, 5.41) is 4.86. The highest BCUT2D eigenvalue weighted by molar-refractivity contribution is 5.94. The number of aryl methyl sites for hydroxylation is 2. The fourth-order valence-corrected chi connectivity index (χ4v) is 4.63. The predicted octanol–water partition coefficient (Wildman–Crippen LogP) is 2.27. The maximum absolute atomic E-state index is 13.4. The van der Waals surface area contributed by atoms with Gasteiger partial charge < -0.3 is 14.6 Å². The molecule has 2 aromatic heterocycles. The molecule has 0 saturated carbocycles. The van der Waals surface area contributed by atoms with Gasteiger partial charge in [-0.2, -0.15) is 5.10 Å². The molecule has 0 radical (unpaired) electrons. The van der Waals surface area contributed by atoms with E-state index in [2.05, 4.69) is 43.8 Å². The van der Waals surface area contributed by atoms with Gasteiger partial charge in [0.05, 0.1) is 19.8 Å². The Balaban J connectivity index is 1.35. The monoisotopic (exact) mass is 434 g/mol. The summed E-state index contributed by atoms with van der Waals surface area (Å²) in [6, 6.07) is 10.5. The van der Waals surface area contributed by atoms with Gasteiger partial charge in [0.25, 0.3) is 5.91 Å². The van der Waals surface area contributed by atoms with Crippen molar-refractivity contribution in [2.75, 3.05) is 32.8 Å². The number of nitrogens with zero attached hydrogens (tertiary/aromatic N) is 5. The van der Waals surface area contributed by atoms with E-state index in [9.17, 15) is 4.79 Å². The van der Waals surface area contributed by atoms with E-state index in [0.29, 0.717) is 32.0 Å². The number of hydrogen-bond acceptors (Lipinski definition) is 5. The fourth-order valence-electron chi connectivity index (χ4n) is 4.63. The number of rotatable bonds is 7. The molecule has 1 fully saturated rings. The number of aromatic nitrogens is 4. The van der Waals surface area contributed by atoms with E-state index in [1.165, 1.54) is 11.3 Å². The molecule has 8 nitrogen and oxygen atoms in total. The van der Waals surface area contributed by atoms with Gasteiger partial charge in [-0.1, -0.05) is 30.3 Å².